The van der Waals surface area contributed by atoms with Crippen molar-refractivity contribution in [2.24, 2.45) is 0 Å². The Morgan fingerprint density at radius 3 is 2.80 bits per heavy atom. The summed E-state index contributed by atoms with van der Waals surface area (Å²) >= 11 is 0. The molecule has 0 bridgehead atoms. The Labute approximate surface area is 90.0 Å². The third kappa shape index (κ3) is 2.63. The molecule has 1 aliphatic heterocycles. The molecule has 1 aromatic carbocycles. The summed E-state index contributed by atoms with van der Waals surface area (Å²) in [5.41, 5.74) is 1.25. The molecule has 2 rings (SSSR count). The van der Waals surface area contributed by atoms with Crippen LogP contribution < -0.4 is 9.47 Å². The smallest absolute Gasteiger partial charge is 0.161 e. The van der Waals surface area contributed by atoms with Gasteiger partial charge in [0.15, 0.2) is 11.5 Å². The van der Waals surface area contributed by atoms with Crippen LogP contribution in [-0.4, -0.2) is 26.4 Å². The van der Waals surface area contributed by atoms with Crippen LogP contribution in [0.2, 0.25) is 0 Å². The van der Waals surface area contributed by atoms with Crippen molar-refractivity contribution in [1.29, 1.82) is 0 Å². The van der Waals surface area contributed by atoms with Crippen LogP contribution in [0.15, 0.2) is 18.2 Å². The normalized spacial score (nSPS) is 18.7. The van der Waals surface area contributed by atoms with Gasteiger partial charge in [-0.1, -0.05) is 13.0 Å². The summed E-state index contributed by atoms with van der Waals surface area (Å²) in [6.45, 7) is 3.55. The second-order valence-electron chi connectivity index (χ2n) is 3.61. The summed E-state index contributed by atoms with van der Waals surface area (Å²) in [7, 11) is 1.66. The van der Waals surface area contributed by atoms with Gasteiger partial charge in [0, 0.05) is 0 Å². The van der Waals surface area contributed by atoms with E-state index in [2.05, 4.69) is 13.0 Å². The van der Waals surface area contributed by atoms with Crippen molar-refractivity contribution >= 4 is 0 Å². The van der Waals surface area contributed by atoms with Crippen molar-refractivity contribution < 1.29 is 14.2 Å². The van der Waals surface area contributed by atoms with Crippen LogP contribution >= 0.6 is 0 Å². The summed E-state index contributed by atoms with van der Waals surface area (Å²) in [6.07, 6.45) is 1.28. The van der Waals surface area contributed by atoms with E-state index in [4.69, 9.17) is 14.2 Å². The van der Waals surface area contributed by atoms with Gasteiger partial charge in [-0.2, -0.15) is 0 Å². The maximum atomic E-state index is 5.60. The molecule has 1 heterocycles. The molecule has 1 atom stereocenters. The van der Waals surface area contributed by atoms with Crippen molar-refractivity contribution in [3.8, 4) is 11.5 Å². The molecular formula is C12H16O3. The van der Waals surface area contributed by atoms with Gasteiger partial charge < -0.3 is 14.2 Å². The molecule has 0 spiro atoms. The molecule has 1 saturated heterocycles. The van der Waals surface area contributed by atoms with E-state index in [1.165, 1.54) is 5.56 Å². The molecule has 82 valence electrons. The molecule has 0 saturated carbocycles. The Bertz CT molecular complexity index is 332. The van der Waals surface area contributed by atoms with Crippen LogP contribution in [-0.2, 0) is 11.2 Å². The Kier molecular flexibility index (Phi) is 3.11. The first-order valence-corrected chi connectivity index (χ1v) is 5.24. The predicted molar refractivity (Wildman–Crippen MR) is 57.6 cm³/mol. The molecule has 3 heteroatoms. The zero-order chi connectivity index (χ0) is 10.7. The van der Waals surface area contributed by atoms with Gasteiger partial charge in [0.2, 0.25) is 0 Å². The van der Waals surface area contributed by atoms with E-state index >= 15 is 0 Å². The topological polar surface area (TPSA) is 31.0 Å². The average molecular weight is 208 g/mol. The highest BCUT2D eigenvalue weighted by atomic mass is 16.6. The van der Waals surface area contributed by atoms with E-state index < -0.39 is 0 Å². The minimum absolute atomic E-state index is 0.278. The second kappa shape index (κ2) is 4.53. The van der Waals surface area contributed by atoms with E-state index in [1.807, 2.05) is 12.1 Å². The fraction of sp³-hybridized carbons (Fsp3) is 0.500. The maximum absolute atomic E-state index is 5.60. The molecule has 0 aromatic heterocycles. The number of epoxide rings is 1. The number of benzene rings is 1. The van der Waals surface area contributed by atoms with Crippen LogP contribution in [0.4, 0.5) is 0 Å². The van der Waals surface area contributed by atoms with Crippen molar-refractivity contribution in [2.75, 3.05) is 20.3 Å². The Hall–Kier alpha value is -1.22. The summed E-state index contributed by atoms with van der Waals surface area (Å²) < 4.78 is 16.0. The fourth-order valence-electron chi connectivity index (χ4n) is 1.40. The fourth-order valence-corrected chi connectivity index (χ4v) is 1.40. The van der Waals surface area contributed by atoms with Gasteiger partial charge in [-0.3, -0.25) is 0 Å². The average Bonchev–Trinajstić information content (AvgIpc) is 3.10. The highest BCUT2D eigenvalue weighted by Crippen LogP contribution is 2.29. The number of hydrogen-bond donors (Lipinski definition) is 0. The van der Waals surface area contributed by atoms with Gasteiger partial charge >= 0.3 is 0 Å². The van der Waals surface area contributed by atoms with Crippen molar-refractivity contribution in [3.05, 3.63) is 23.8 Å². The van der Waals surface area contributed by atoms with Crippen molar-refractivity contribution in [1.82, 2.24) is 0 Å². The molecular weight excluding hydrogens is 192 g/mol. The second-order valence-corrected chi connectivity index (χ2v) is 3.61. The minimum Gasteiger partial charge on any atom is -0.493 e. The number of ether oxygens (including phenoxy) is 3. The van der Waals surface area contributed by atoms with E-state index in [0.29, 0.717) is 6.61 Å². The molecule has 15 heavy (non-hydrogen) atoms. The lowest BCUT2D eigenvalue weighted by Gasteiger charge is -2.10. The van der Waals surface area contributed by atoms with E-state index in [0.717, 1.165) is 24.5 Å². The van der Waals surface area contributed by atoms with E-state index in [-0.39, 0.29) is 6.10 Å². The van der Waals surface area contributed by atoms with E-state index in [1.54, 1.807) is 7.11 Å². The first-order chi connectivity index (χ1) is 7.33. The predicted octanol–water partition coefficient (Wildman–Crippen LogP) is 2.04. The molecule has 1 fully saturated rings. The van der Waals surface area contributed by atoms with Gasteiger partial charge in [0.05, 0.1) is 13.7 Å². The van der Waals surface area contributed by atoms with Crippen LogP contribution in [0.3, 0.4) is 0 Å². The highest BCUT2D eigenvalue weighted by molar-refractivity contribution is 5.42. The van der Waals surface area contributed by atoms with Gasteiger partial charge in [0.1, 0.15) is 12.7 Å². The summed E-state index contributed by atoms with van der Waals surface area (Å²) in [4.78, 5) is 0. The Morgan fingerprint density at radius 1 is 1.40 bits per heavy atom. The van der Waals surface area contributed by atoms with Crippen molar-refractivity contribution in [3.63, 3.8) is 0 Å². The van der Waals surface area contributed by atoms with Crippen LogP contribution in [0.25, 0.3) is 0 Å². The lowest BCUT2D eigenvalue weighted by Crippen LogP contribution is -2.05. The molecule has 0 amide bonds. The molecule has 0 radical (unpaired) electrons. The maximum Gasteiger partial charge on any atom is 0.161 e. The third-order valence-corrected chi connectivity index (χ3v) is 2.46. The molecule has 0 N–H and O–H groups in total. The van der Waals surface area contributed by atoms with Gasteiger partial charge in [-0.05, 0) is 24.1 Å². The summed E-state index contributed by atoms with van der Waals surface area (Å²) in [6, 6.07) is 6.04. The molecule has 0 aliphatic carbocycles. The lowest BCUT2D eigenvalue weighted by molar-refractivity contribution is 0.252. The summed E-state index contributed by atoms with van der Waals surface area (Å²) in [5.74, 6) is 1.60. The third-order valence-electron chi connectivity index (χ3n) is 2.46. The number of hydrogen-bond acceptors (Lipinski definition) is 3. The zero-order valence-electron chi connectivity index (χ0n) is 9.16. The number of rotatable bonds is 5. The van der Waals surface area contributed by atoms with Gasteiger partial charge in [-0.15, -0.1) is 0 Å². The highest BCUT2D eigenvalue weighted by Gasteiger charge is 2.23. The largest absolute Gasteiger partial charge is 0.493 e. The zero-order valence-corrected chi connectivity index (χ0v) is 9.16. The van der Waals surface area contributed by atoms with Crippen LogP contribution in [0.1, 0.15) is 12.5 Å². The molecule has 1 aromatic rings. The van der Waals surface area contributed by atoms with E-state index in [9.17, 15) is 0 Å². The first-order valence-electron chi connectivity index (χ1n) is 5.24. The van der Waals surface area contributed by atoms with Gasteiger partial charge in [-0.25, -0.2) is 0 Å². The summed E-state index contributed by atoms with van der Waals surface area (Å²) in [5, 5.41) is 0. The molecule has 3 nitrogen and oxygen atoms in total. The quantitative estimate of drug-likeness (QED) is 0.694. The number of methoxy groups -OCH3 is 1. The monoisotopic (exact) mass is 208 g/mol. The lowest BCUT2D eigenvalue weighted by atomic mass is 10.1. The van der Waals surface area contributed by atoms with Crippen molar-refractivity contribution in [2.45, 2.75) is 19.4 Å². The van der Waals surface area contributed by atoms with Crippen LogP contribution in [0, 0.1) is 0 Å². The SMILES string of the molecule is CCc1ccc(OC[C@@H]2CO2)c(OC)c1. The van der Waals surface area contributed by atoms with Gasteiger partial charge in [0.25, 0.3) is 0 Å². The standard InChI is InChI=1S/C12H16O3/c1-3-9-4-5-11(12(6-9)13-2)15-8-10-7-14-10/h4-6,10H,3,7-8H2,1-2H3/t10-/m0/s1. The minimum atomic E-state index is 0.278. The molecule has 0 unspecified atom stereocenters. The van der Waals surface area contributed by atoms with Crippen LogP contribution in [0.5, 0.6) is 11.5 Å². The first kappa shape index (κ1) is 10.3. The Balaban J connectivity index is 2.06. The number of aryl methyl sites for hydroxylation is 1. The molecule has 1 aliphatic rings. The Morgan fingerprint density at radius 2 is 2.20 bits per heavy atom.